The summed E-state index contributed by atoms with van der Waals surface area (Å²) in [5, 5.41) is 4.21. The summed E-state index contributed by atoms with van der Waals surface area (Å²) in [6, 6.07) is 0. The standard InChI is InChI=1S/C15H26N4O3S/c1-17-10-14(9-16-17)11-18-5-3-15(4-6-18)12-19(23(2,20)21)7-8-22-13-15/h9-10H,3-8,11-13H2,1-2H3. The first kappa shape index (κ1) is 16.9. The van der Waals surface area contributed by atoms with Gasteiger partial charge in [0.1, 0.15) is 0 Å². The van der Waals surface area contributed by atoms with Crippen LogP contribution in [0.5, 0.6) is 0 Å². The van der Waals surface area contributed by atoms with Crippen molar-refractivity contribution < 1.29 is 13.2 Å². The molecular formula is C15H26N4O3S. The van der Waals surface area contributed by atoms with Gasteiger partial charge in [0, 0.05) is 43.9 Å². The van der Waals surface area contributed by atoms with Crippen LogP contribution >= 0.6 is 0 Å². The minimum Gasteiger partial charge on any atom is -0.379 e. The van der Waals surface area contributed by atoms with Gasteiger partial charge in [0.15, 0.2) is 0 Å². The van der Waals surface area contributed by atoms with Crippen molar-refractivity contribution in [3.8, 4) is 0 Å². The zero-order valence-electron chi connectivity index (χ0n) is 13.9. The van der Waals surface area contributed by atoms with Crippen molar-refractivity contribution in [2.45, 2.75) is 19.4 Å². The fourth-order valence-electron chi connectivity index (χ4n) is 3.54. The number of likely N-dealkylation sites (tertiary alicyclic amines) is 1. The van der Waals surface area contributed by atoms with E-state index in [1.165, 1.54) is 11.8 Å². The highest BCUT2D eigenvalue weighted by molar-refractivity contribution is 7.88. The molecule has 3 rings (SSSR count). The maximum Gasteiger partial charge on any atom is 0.211 e. The fraction of sp³-hybridized carbons (Fsp3) is 0.800. The first-order valence-corrected chi connectivity index (χ1v) is 9.94. The summed E-state index contributed by atoms with van der Waals surface area (Å²) in [4.78, 5) is 2.41. The van der Waals surface area contributed by atoms with Crippen LogP contribution in [0.3, 0.4) is 0 Å². The lowest BCUT2D eigenvalue weighted by atomic mass is 9.79. The van der Waals surface area contributed by atoms with Crippen molar-refractivity contribution in [2.24, 2.45) is 12.5 Å². The summed E-state index contributed by atoms with van der Waals surface area (Å²) in [5.41, 5.74) is 1.18. The molecule has 23 heavy (non-hydrogen) atoms. The van der Waals surface area contributed by atoms with Gasteiger partial charge in [-0.05, 0) is 25.9 Å². The van der Waals surface area contributed by atoms with E-state index in [0.717, 1.165) is 32.5 Å². The number of aromatic nitrogens is 2. The summed E-state index contributed by atoms with van der Waals surface area (Å²) in [7, 11) is -1.23. The Morgan fingerprint density at radius 2 is 2.04 bits per heavy atom. The zero-order valence-corrected chi connectivity index (χ0v) is 14.8. The van der Waals surface area contributed by atoms with E-state index in [0.29, 0.717) is 26.3 Å². The number of nitrogens with zero attached hydrogens (tertiary/aromatic N) is 4. The van der Waals surface area contributed by atoms with E-state index in [-0.39, 0.29) is 5.41 Å². The number of piperidine rings is 1. The lowest BCUT2D eigenvalue weighted by Crippen LogP contribution is -2.48. The maximum atomic E-state index is 11.9. The summed E-state index contributed by atoms with van der Waals surface area (Å²) in [6.07, 6.45) is 7.19. The normalized spacial score (nSPS) is 23.9. The van der Waals surface area contributed by atoms with Gasteiger partial charge in [0.05, 0.1) is 25.7 Å². The Hall–Kier alpha value is -0.960. The van der Waals surface area contributed by atoms with E-state index in [2.05, 4.69) is 10.00 Å². The second-order valence-corrected chi connectivity index (χ2v) is 8.93. The molecule has 7 nitrogen and oxygen atoms in total. The molecule has 2 saturated heterocycles. The molecule has 0 radical (unpaired) electrons. The third kappa shape index (κ3) is 4.12. The van der Waals surface area contributed by atoms with Crippen LogP contribution in [-0.4, -0.2) is 73.1 Å². The van der Waals surface area contributed by atoms with Gasteiger partial charge in [-0.1, -0.05) is 0 Å². The summed E-state index contributed by atoms with van der Waals surface area (Å²) < 4.78 is 33.0. The molecule has 2 aliphatic rings. The van der Waals surface area contributed by atoms with E-state index in [4.69, 9.17) is 4.74 Å². The highest BCUT2D eigenvalue weighted by atomic mass is 32.2. The summed E-state index contributed by atoms with van der Waals surface area (Å²) in [5.74, 6) is 0. The molecule has 0 aromatic carbocycles. The van der Waals surface area contributed by atoms with Gasteiger partial charge in [-0.15, -0.1) is 0 Å². The summed E-state index contributed by atoms with van der Waals surface area (Å²) in [6.45, 7) is 5.06. The van der Waals surface area contributed by atoms with Crippen molar-refractivity contribution >= 4 is 10.0 Å². The van der Waals surface area contributed by atoms with Gasteiger partial charge in [-0.3, -0.25) is 9.58 Å². The molecular weight excluding hydrogens is 316 g/mol. The van der Waals surface area contributed by atoms with Gasteiger partial charge in [0.2, 0.25) is 10.0 Å². The lowest BCUT2D eigenvalue weighted by molar-refractivity contribution is 0.0167. The Morgan fingerprint density at radius 3 is 2.65 bits per heavy atom. The van der Waals surface area contributed by atoms with E-state index >= 15 is 0 Å². The van der Waals surface area contributed by atoms with Crippen molar-refractivity contribution in [3.63, 3.8) is 0 Å². The molecule has 8 heteroatoms. The largest absolute Gasteiger partial charge is 0.379 e. The van der Waals surface area contributed by atoms with Crippen LogP contribution in [0.15, 0.2) is 12.4 Å². The van der Waals surface area contributed by atoms with Crippen LogP contribution in [0.1, 0.15) is 18.4 Å². The van der Waals surface area contributed by atoms with Crippen LogP contribution in [0.2, 0.25) is 0 Å². The fourth-order valence-corrected chi connectivity index (χ4v) is 4.45. The molecule has 0 atom stereocenters. The van der Waals surface area contributed by atoms with Crippen LogP contribution in [-0.2, 0) is 28.4 Å². The predicted octanol–water partition coefficient (Wildman–Crippen LogP) is 0.294. The van der Waals surface area contributed by atoms with Gasteiger partial charge >= 0.3 is 0 Å². The topological polar surface area (TPSA) is 67.7 Å². The first-order chi connectivity index (χ1) is 10.9. The summed E-state index contributed by atoms with van der Waals surface area (Å²) >= 11 is 0. The molecule has 130 valence electrons. The van der Waals surface area contributed by atoms with Crippen molar-refractivity contribution in [1.82, 2.24) is 19.0 Å². The van der Waals surface area contributed by atoms with E-state index in [1.807, 2.05) is 24.1 Å². The van der Waals surface area contributed by atoms with Gasteiger partial charge in [-0.2, -0.15) is 9.40 Å². The van der Waals surface area contributed by atoms with E-state index in [9.17, 15) is 8.42 Å². The number of hydrogen-bond donors (Lipinski definition) is 0. The monoisotopic (exact) mass is 342 g/mol. The minimum atomic E-state index is -3.16. The van der Waals surface area contributed by atoms with Crippen molar-refractivity contribution in [3.05, 3.63) is 18.0 Å². The maximum absolute atomic E-state index is 11.9. The van der Waals surface area contributed by atoms with Gasteiger partial charge < -0.3 is 4.74 Å². The second-order valence-electron chi connectivity index (χ2n) is 6.95. The zero-order chi connectivity index (χ0) is 16.5. The average molecular weight is 342 g/mol. The third-order valence-corrected chi connectivity index (χ3v) is 6.21. The number of hydrogen-bond acceptors (Lipinski definition) is 5. The Kier molecular flexibility index (Phi) is 4.78. The van der Waals surface area contributed by atoms with Crippen LogP contribution in [0.25, 0.3) is 0 Å². The Bertz CT molecular complexity index is 635. The molecule has 1 aromatic heterocycles. The highest BCUT2D eigenvalue weighted by Crippen LogP contribution is 2.35. The number of rotatable bonds is 3. The number of sulfonamides is 1. The SMILES string of the molecule is Cn1cc(CN2CCC3(CC2)COCCN(S(C)(=O)=O)C3)cn1. The van der Waals surface area contributed by atoms with Crippen molar-refractivity contribution in [2.75, 3.05) is 45.6 Å². The number of aryl methyl sites for hydroxylation is 1. The third-order valence-electron chi connectivity index (χ3n) is 4.96. The van der Waals surface area contributed by atoms with E-state index in [1.54, 1.807) is 4.31 Å². The van der Waals surface area contributed by atoms with Gasteiger partial charge in [0.25, 0.3) is 0 Å². The molecule has 0 aliphatic carbocycles. The molecule has 1 spiro atoms. The smallest absolute Gasteiger partial charge is 0.211 e. The van der Waals surface area contributed by atoms with Crippen molar-refractivity contribution in [1.29, 1.82) is 0 Å². The first-order valence-electron chi connectivity index (χ1n) is 8.09. The molecule has 0 bridgehead atoms. The number of ether oxygens (including phenoxy) is 1. The molecule has 2 aliphatic heterocycles. The molecule has 0 unspecified atom stereocenters. The molecule has 0 saturated carbocycles. The quantitative estimate of drug-likeness (QED) is 0.790. The molecule has 1 aromatic rings. The molecule has 3 heterocycles. The van der Waals surface area contributed by atoms with Crippen LogP contribution in [0.4, 0.5) is 0 Å². The average Bonchev–Trinajstić information content (AvgIpc) is 2.77. The molecule has 0 amide bonds. The Morgan fingerprint density at radius 1 is 1.30 bits per heavy atom. The Balaban J connectivity index is 1.62. The lowest BCUT2D eigenvalue weighted by Gasteiger charge is -2.42. The Labute approximate surface area is 138 Å². The minimum absolute atomic E-state index is 0.0367. The molecule has 0 N–H and O–H groups in total. The van der Waals surface area contributed by atoms with E-state index < -0.39 is 10.0 Å². The second kappa shape index (κ2) is 6.51. The van der Waals surface area contributed by atoms with Crippen LogP contribution < -0.4 is 0 Å². The highest BCUT2D eigenvalue weighted by Gasteiger charge is 2.40. The molecule has 2 fully saturated rings. The van der Waals surface area contributed by atoms with Crippen LogP contribution in [0, 0.1) is 5.41 Å². The predicted molar refractivity (Wildman–Crippen MR) is 87.4 cm³/mol. The van der Waals surface area contributed by atoms with Gasteiger partial charge in [-0.25, -0.2) is 8.42 Å².